The predicted octanol–water partition coefficient (Wildman–Crippen LogP) is 5.58. The van der Waals surface area contributed by atoms with Gasteiger partial charge >= 0.3 is 0 Å². The first-order valence-corrected chi connectivity index (χ1v) is 12.0. The summed E-state index contributed by atoms with van der Waals surface area (Å²) in [5, 5.41) is 0.281. The number of carbonyl (C=O) groups excluding carboxylic acids is 1. The Bertz CT molecular complexity index is 387. The molecule has 1 aliphatic heterocycles. The zero-order chi connectivity index (χ0) is 17.0. The van der Waals surface area contributed by atoms with Crippen molar-refractivity contribution in [1.82, 2.24) is 0 Å². The maximum atomic E-state index is 10.8. The molecule has 0 bridgehead atoms. The molecule has 4 atom stereocenters. The van der Waals surface area contributed by atoms with Crippen molar-refractivity contribution in [2.75, 3.05) is 0 Å². The van der Waals surface area contributed by atoms with Crippen LogP contribution in [-0.2, 0) is 9.53 Å². The summed E-state index contributed by atoms with van der Waals surface area (Å²) in [5.41, 5.74) is 0.535. The molecule has 2 nitrogen and oxygen atoms in total. The number of aldehydes is 1. The number of rotatable bonds is 7. The number of halogens is 1. The Kier molecular flexibility index (Phi) is 7.35. The van der Waals surface area contributed by atoms with Crippen LogP contribution in [0.2, 0.25) is 23.7 Å². The second-order valence-corrected chi connectivity index (χ2v) is 14.3. The number of carbonyl (C=O) groups is 1. The third-order valence-corrected chi connectivity index (χ3v) is 12.4. The molecule has 0 spiro atoms. The number of alkyl halides is 1. The first-order valence-electron chi connectivity index (χ1n) is 8.53. The van der Waals surface area contributed by atoms with Crippen molar-refractivity contribution in [3.05, 3.63) is 12.2 Å². The lowest BCUT2D eigenvalue weighted by Gasteiger charge is -2.45. The van der Waals surface area contributed by atoms with Gasteiger partial charge in [-0.25, -0.2) is 0 Å². The Morgan fingerprint density at radius 2 is 1.95 bits per heavy atom. The van der Waals surface area contributed by atoms with Crippen LogP contribution in [0.15, 0.2) is 12.2 Å². The zero-order valence-corrected chi connectivity index (χ0v) is 16.8. The molecule has 0 N–H and O–H groups in total. The van der Waals surface area contributed by atoms with E-state index in [-0.39, 0.29) is 17.6 Å². The van der Waals surface area contributed by atoms with Crippen LogP contribution in [0.4, 0.5) is 0 Å². The summed E-state index contributed by atoms with van der Waals surface area (Å²) in [6, 6.07) is 0. The fraction of sp³-hybridized carbons (Fsp3) is 0.833. The van der Waals surface area contributed by atoms with Crippen molar-refractivity contribution in [3.8, 4) is 0 Å². The highest BCUT2D eigenvalue weighted by molar-refractivity contribution is 6.81. The first-order chi connectivity index (χ1) is 10.1. The lowest BCUT2D eigenvalue weighted by molar-refractivity contribution is -0.110. The molecule has 0 unspecified atom stereocenters. The number of hydrogen-bond acceptors (Lipinski definition) is 2. The molecule has 0 aromatic carbocycles. The highest BCUT2D eigenvalue weighted by Gasteiger charge is 2.48. The van der Waals surface area contributed by atoms with E-state index >= 15 is 0 Å². The molecular formula is C18H33ClO2Si. The Labute approximate surface area is 142 Å². The van der Waals surface area contributed by atoms with E-state index in [0.717, 1.165) is 25.5 Å². The summed E-state index contributed by atoms with van der Waals surface area (Å²) >= 11 is 6.44. The average Bonchev–Trinajstić information content (AvgIpc) is 2.75. The van der Waals surface area contributed by atoms with E-state index in [0.29, 0.717) is 17.0 Å². The minimum atomic E-state index is -1.55. The summed E-state index contributed by atoms with van der Waals surface area (Å²) < 4.78 is 6.23. The van der Waals surface area contributed by atoms with Gasteiger partial charge in [-0.15, -0.1) is 11.6 Å². The molecule has 1 aliphatic rings. The van der Waals surface area contributed by atoms with E-state index in [4.69, 9.17) is 16.3 Å². The van der Waals surface area contributed by atoms with Crippen LogP contribution >= 0.6 is 11.6 Å². The Hall–Kier alpha value is -0.123. The lowest BCUT2D eigenvalue weighted by Crippen LogP contribution is -2.46. The highest BCUT2D eigenvalue weighted by Crippen LogP contribution is 2.50. The molecule has 0 aromatic rings. The van der Waals surface area contributed by atoms with Crippen LogP contribution < -0.4 is 0 Å². The van der Waals surface area contributed by atoms with Crippen LogP contribution in [0.5, 0.6) is 0 Å². The van der Waals surface area contributed by atoms with Gasteiger partial charge in [-0.05, 0) is 29.8 Å². The second-order valence-electron chi connectivity index (χ2n) is 8.06. The standard InChI is InChI=1S/C18H33ClO2Si/c1-7-8-9-10-17(22(5,6)18(2,3)4)16-13-14(19)15(21-16)11-12-20/h8-9,12,14-17H,7,10-11,13H2,1-6H3/b9-8-/t14-,15-,16+,17+/m0/s1. The summed E-state index contributed by atoms with van der Waals surface area (Å²) in [4.78, 5) is 10.8. The fourth-order valence-corrected chi connectivity index (χ4v) is 6.49. The van der Waals surface area contributed by atoms with Crippen molar-refractivity contribution in [2.24, 2.45) is 0 Å². The van der Waals surface area contributed by atoms with E-state index in [1.54, 1.807) is 0 Å². The van der Waals surface area contributed by atoms with Gasteiger partial charge in [0.15, 0.2) is 0 Å². The summed E-state index contributed by atoms with van der Waals surface area (Å²) in [7, 11) is -1.55. The molecule has 128 valence electrons. The molecule has 1 fully saturated rings. The molecule has 0 radical (unpaired) electrons. The van der Waals surface area contributed by atoms with Gasteiger partial charge in [-0.3, -0.25) is 0 Å². The van der Waals surface area contributed by atoms with E-state index in [2.05, 4.69) is 52.9 Å². The third kappa shape index (κ3) is 4.69. The summed E-state index contributed by atoms with van der Waals surface area (Å²) in [6.45, 7) is 14.2. The van der Waals surface area contributed by atoms with E-state index in [1.807, 2.05) is 0 Å². The second kappa shape index (κ2) is 8.12. The van der Waals surface area contributed by atoms with Crippen molar-refractivity contribution >= 4 is 26.0 Å². The van der Waals surface area contributed by atoms with Gasteiger partial charge < -0.3 is 9.53 Å². The SMILES string of the molecule is CC/C=C\C[C@H]([C@H]1C[C@H](Cl)[C@H](CC=O)O1)[Si](C)(C)C(C)(C)C. The maximum absolute atomic E-state index is 10.8. The van der Waals surface area contributed by atoms with Crippen LogP contribution in [0.25, 0.3) is 0 Å². The van der Waals surface area contributed by atoms with Gasteiger partial charge in [-0.1, -0.05) is 52.9 Å². The largest absolute Gasteiger partial charge is 0.373 e. The van der Waals surface area contributed by atoms with Crippen LogP contribution in [0.1, 0.15) is 53.4 Å². The van der Waals surface area contributed by atoms with Crippen LogP contribution in [0.3, 0.4) is 0 Å². The topological polar surface area (TPSA) is 26.3 Å². The molecule has 1 heterocycles. The molecule has 0 aliphatic carbocycles. The molecule has 0 saturated carbocycles. The average molecular weight is 345 g/mol. The minimum Gasteiger partial charge on any atom is -0.373 e. The Balaban J connectivity index is 2.96. The van der Waals surface area contributed by atoms with Crippen LogP contribution in [0, 0.1) is 0 Å². The van der Waals surface area contributed by atoms with Gasteiger partial charge in [0.05, 0.1) is 25.7 Å². The molecule has 1 saturated heterocycles. The number of ether oxygens (including phenoxy) is 1. The summed E-state index contributed by atoms with van der Waals surface area (Å²) in [5.74, 6) is 0. The normalized spacial score (nSPS) is 28.2. The van der Waals surface area contributed by atoms with Crippen molar-refractivity contribution < 1.29 is 9.53 Å². The summed E-state index contributed by atoms with van der Waals surface area (Å²) in [6.07, 6.45) is 8.99. The number of hydrogen-bond donors (Lipinski definition) is 0. The van der Waals surface area contributed by atoms with Gasteiger partial charge in [0.1, 0.15) is 6.29 Å². The van der Waals surface area contributed by atoms with Crippen molar-refractivity contribution in [3.63, 3.8) is 0 Å². The van der Waals surface area contributed by atoms with Gasteiger partial charge in [0.25, 0.3) is 0 Å². The fourth-order valence-electron chi connectivity index (χ4n) is 3.17. The van der Waals surface area contributed by atoms with E-state index in [1.165, 1.54) is 0 Å². The monoisotopic (exact) mass is 344 g/mol. The molecule has 1 rings (SSSR count). The Morgan fingerprint density at radius 1 is 1.32 bits per heavy atom. The zero-order valence-electron chi connectivity index (χ0n) is 15.1. The van der Waals surface area contributed by atoms with E-state index in [9.17, 15) is 4.79 Å². The molecule has 0 amide bonds. The number of allylic oxidation sites excluding steroid dienone is 2. The predicted molar refractivity (Wildman–Crippen MR) is 98.6 cm³/mol. The van der Waals surface area contributed by atoms with Crippen molar-refractivity contribution in [1.29, 1.82) is 0 Å². The smallest absolute Gasteiger partial charge is 0.122 e. The third-order valence-electron chi connectivity index (χ3n) is 5.64. The Morgan fingerprint density at radius 3 is 2.45 bits per heavy atom. The van der Waals surface area contributed by atoms with Gasteiger partial charge in [0.2, 0.25) is 0 Å². The molecular weight excluding hydrogens is 312 g/mol. The van der Waals surface area contributed by atoms with Crippen molar-refractivity contribution in [2.45, 2.75) is 94.6 Å². The maximum Gasteiger partial charge on any atom is 0.122 e. The quantitative estimate of drug-likeness (QED) is 0.261. The first kappa shape index (κ1) is 19.9. The lowest BCUT2D eigenvalue weighted by atomic mass is 10.1. The highest BCUT2D eigenvalue weighted by atomic mass is 35.5. The molecule has 4 heteroatoms. The molecule has 0 aromatic heterocycles. The van der Waals surface area contributed by atoms with Gasteiger partial charge in [-0.2, -0.15) is 0 Å². The molecule has 22 heavy (non-hydrogen) atoms. The minimum absolute atomic E-state index is 0.0300. The van der Waals surface area contributed by atoms with Crippen LogP contribution in [-0.4, -0.2) is 31.9 Å². The van der Waals surface area contributed by atoms with E-state index < -0.39 is 8.07 Å². The van der Waals surface area contributed by atoms with Gasteiger partial charge in [0, 0.05) is 6.42 Å².